The highest BCUT2D eigenvalue weighted by atomic mass is 15.0. The third-order valence-corrected chi connectivity index (χ3v) is 9.71. The van der Waals surface area contributed by atoms with Gasteiger partial charge in [0.25, 0.3) is 0 Å². The van der Waals surface area contributed by atoms with E-state index < -0.39 is 0 Å². The molecule has 0 aliphatic heterocycles. The summed E-state index contributed by atoms with van der Waals surface area (Å²) in [5, 5.41) is 0. The van der Waals surface area contributed by atoms with Gasteiger partial charge in [-0.05, 0) is 86.0 Å². The molecule has 0 atom stereocenters. The Morgan fingerprint density at radius 2 is 0.407 bits per heavy atom. The van der Waals surface area contributed by atoms with Gasteiger partial charge in [-0.15, -0.1) is 0 Å². The molecular formula is C51H35N3. The fourth-order valence-electron chi connectivity index (χ4n) is 6.90. The van der Waals surface area contributed by atoms with Crippen molar-refractivity contribution in [2.24, 2.45) is 0 Å². The minimum absolute atomic E-state index is 0.622. The van der Waals surface area contributed by atoms with E-state index in [1.54, 1.807) is 0 Å². The Hall–Kier alpha value is -7.23. The van der Waals surface area contributed by atoms with Crippen molar-refractivity contribution in [1.29, 1.82) is 0 Å². The molecule has 8 aromatic carbocycles. The van der Waals surface area contributed by atoms with E-state index in [9.17, 15) is 0 Å². The molecule has 254 valence electrons. The van der Waals surface area contributed by atoms with Crippen LogP contribution in [0.25, 0.3) is 89.8 Å². The van der Waals surface area contributed by atoms with Crippen molar-refractivity contribution in [1.82, 2.24) is 15.0 Å². The van der Waals surface area contributed by atoms with E-state index in [4.69, 9.17) is 15.0 Å². The average Bonchev–Trinajstić information content (AvgIpc) is 3.27. The Morgan fingerprint density at radius 1 is 0.167 bits per heavy atom. The van der Waals surface area contributed by atoms with E-state index in [1.165, 1.54) is 27.8 Å². The summed E-state index contributed by atoms with van der Waals surface area (Å²) in [7, 11) is 0. The van der Waals surface area contributed by atoms with Crippen molar-refractivity contribution in [3.05, 3.63) is 212 Å². The van der Waals surface area contributed by atoms with Gasteiger partial charge < -0.3 is 0 Å². The van der Waals surface area contributed by atoms with Crippen LogP contribution < -0.4 is 0 Å². The van der Waals surface area contributed by atoms with E-state index in [0.29, 0.717) is 17.5 Å². The molecule has 0 N–H and O–H groups in total. The second-order valence-corrected chi connectivity index (χ2v) is 13.3. The van der Waals surface area contributed by atoms with E-state index >= 15 is 0 Å². The summed E-state index contributed by atoms with van der Waals surface area (Å²) in [6, 6.07) is 74.2. The Bertz CT molecular complexity index is 2620. The quantitative estimate of drug-likeness (QED) is 0.159. The molecule has 0 radical (unpaired) electrons. The van der Waals surface area contributed by atoms with Gasteiger partial charge in [-0.2, -0.15) is 0 Å². The lowest BCUT2D eigenvalue weighted by atomic mass is 9.93. The van der Waals surface area contributed by atoms with E-state index in [2.05, 4.69) is 200 Å². The Balaban J connectivity index is 1.17. The predicted octanol–water partition coefficient (Wildman–Crippen LogP) is 13.2. The van der Waals surface area contributed by atoms with Crippen molar-refractivity contribution in [2.45, 2.75) is 0 Å². The van der Waals surface area contributed by atoms with Gasteiger partial charge in [-0.1, -0.05) is 182 Å². The third kappa shape index (κ3) is 6.99. The van der Waals surface area contributed by atoms with Crippen LogP contribution in [0.1, 0.15) is 0 Å². The van der Waals surface area contributed by atoms with Crippen LogP contribution in [-0.4, -0.2) is 15.0 Å². The molecular weight excluding hydrogens is 655 g/mol. The second kappa shape index (κ2) is 14.8. The van der Waals surface area contributed by atoms with Gasteiger partial charge in [-0.3, -0.25) is 0 Å². The minimum atomic E-state index is 0.622. The Morgan fingerprint density at radius 3 is 0.833 bits per heavy atom. The lowest BCUT2D eigenvalue weighted by Crippen LogP contribution is -2.00. The summed E-state index contributed by atoms with van der Waals surface area (Å²) in [4.78, 5) is 15.4. The van der Waals surface area contributed by atoms with Crippen molar-refractivity contribution < 1.29 is 0 Å². The van der Waals surface area contributed by atoms with Crippen LogP contribution >= 0.6 is 0 Å². The van der Waals surface area contributed by atoms with E-state index in [-0.39, 0.29) is 0 Å². The molecule has 3 heteroatoms. The molecule has 0 unspecified atom stereocenters. The first-order chi connectivity index (χ1) is 26.7. The molecule has 1 heterocycles. The first kappa shape index (κ1) is 32.7. The number of nitrogens with zero attached hydrogens (tertiary/aromatic N) is 3. The number of hydrogen-bond donors (Lipinski definition) is 0. The summed E-state index contributed by atoms with van der Waals surface area (Å²) in [5.41, 5.74) is 14.2. The largest absolute Gasteiger partial charge is 0.208 e. The first-order valence-electron chi connectivity index (χ1n) is 18.2. The summed E-state index contributed by atoms with van der Waals surface area (Å²) in [5.74, 6) is 1.88. The zero-order chi connectivity index (χ0) is 36.1. The molecule has 9 aromatic rings. The van der Waals surface area contributed by atoms with Gasteiger partial charge in [0, 0.05) is 16.7 Å². The molecule has 0 aliphatic rings. The molecule has 0 aliphatic carbocycles. The SMILES string of the molecule is c1ccc(-c2ccc(-c3nc(-c4cccc(-c5ccccc5)c4)nc(-c4cccc(-c5cc(-c6ccccc6)cc(-c6ccccc6)c5)c4)n3)cc2)cc1. The van der Waals surface area contributed by atoms with Crippen LogP contribution in [0.2, 0.25) is 0 Å². The number of hydrogen-bond acceptors (Lipinski definition) is 3. The molecule has 0 bridgehead atoms. The van der Waals surface area contributed by atoms with Gasteiger partial charge >= 0.3 is 0 Å². The molecule has 0 spiro atoms. The lowest BCUT2D eigenvalue weighted by Gasteiger charge is -2.13. The van der Waals surface area contributed by atoms with E-state index in [0.717, 1.165) is 44.5 Å². The van der Waals surface area contributed by atoms with Crippen molar-refractivity contribution in [2.75, 3.05) is 0 Å². The van der Waals surface area contributed by atoms with Crippen molar-refractivity contribution in [3.63, 3.8) is 0 Å². The maximum absolute atomic E-state index is 5.14. The highest BCUT2D eigenvalue weighted by molar-refractivity contribution is 5.83. The predicted molar refractivity (Wildman–Crippen MR) is 223 cm³/mol. The minimum Gasteiger partial charge on any atom is -0.208 e. The molecule has 54 heavy (non-hydrogen) atoms. The van der Waals surface area contributed by atoms with Crippen LogP contribution in [0, 0.1) is 0 Å². The molecule has 1 aromatic heterocycles. The third-order valence-electron chi connectivity index (χ3n) is 9.71. The van der Waals surface area contributed by atoms with Gasteiger partial charge in [0.2, 0.25) is 0 Å². The molecule has 3 nitrogen and oxygen atoms in total. The molecule has 0 saturated heterocycles. The summed E-state index contributed by atoms with van der Waals surface area (Å²) in [6.07, 6.45) is 0. The summed E-state index contributed by atoms with van der Waals surface area (Å²) in [6.45, 7) is 0. The van der Waals surface area contributed by atoms with Crippen LogP contribution in [0.4, 0.5) is 0 Å². The Labute approximate surface area is 316 Å². The van der Waals surface area contributed by atoms with Gasteiger partial charge in [0.05, 0.1) is 0 Å². The highest BCUT2D eigenvalue weighted by Crippen LogP contribution is 2.35. The number of aromatic nitrogens is 3. The fourth-order valence-corrected chi connectivity index (χ4v) is 6.90. The smallest absolute Gasteiger partial charge is 0.164 e. The van der Waals surface area contributed by atoms with Crippen LogP contribution in [0.3, 0.4) is 0 Å². The highest BCUT2D eigenvalue weighted by Gasteiger charge is 2.15. The lowest BCUT2D eigenvalue weighted by molar-refractivity contribution is 1.07. The summed E-state index contributed by atoms with van der Waals surface area (Å²) < 4.78 is 0. The molecule has 0 fully saturated rings. The maximum atomic E-state index is 5.14. The van der Waals surface area contributed by atoms with Crippen LogP contribution in [0.5, 0.6) is 0 Å². The maximum Gasteiger partial charge on any atom is 0.164 e. The average molecular weight is 690 g/mol. The second-order valence-electron chi connectivity index (χ2n) is 13.3. The fraction of sp³-hybridized carbons (Fsp3) is 0. The van der Waals surface area contributed by atoms with Gasteiger partial charge in [0.15, 0.2) is 17.5 Å². The van der Waals surface area contributed by atoms with Gasteiger partial charge in [-0.25, -0.2) is 15.0 Å². The first-order valence-corrected chi connectivity index (χ1v) is 18.2. The number of benzene rings is 8. The molecule has 9 rings (SSSR count). The van der Waals surface area contributed by atoms with Crippen LogP contribution in [-0.2, 0) is 0 Å². The zero-order valence-electron chi connectivity index (χ0n) is 29.5. The summed E-state index contributed by atoms with van der Waals surface area (Å²) >= 11 is 0. The Kier molecular flexibility index (Phi) is 8.94. The van der Waals surface area contributed by atoms with Crippen LogP contribution in [0.15, 0.2) is 212 Å². The van der Waals surface area contributed by atoms with Gasteiger partial charge in [0.1, 0.15) is 0 Å². The van der Waals surface area contributed by atoms with Crippen molar-refractivity contribution in [3.8, 4) is 89.8 Å². The molecule has 0 saturated carbocycles. The molecule has 0 amide bonds. The van der Waals surface area contributed by atoms with E-state index in [1.807, 2.05) is 12.1 Å². The van der Waals surface area contributed by atoms with Crippen molar-refractivity contribution >= 4 is 0 Å². The number of rotatable bonds is 8. The standard InChI is InChI=1S/C51H35N3/c1-5-15-36(16-6-1)40-27-29-41(30-28-40)49-52-50(44-25-13-23-42(31-44)37-17-7-2-8-18-37)54-51(53-49)45-26-14-24-43(32-45)48-34-46(38-19-9-3-10-20-38)33-47(35-48)39-21-11-4-12-22-39/h1-35H. The normalized spacial score (nSPS) is 11.0. The monoisotopic (exact) mass is 689 g/mol. The zero-order valence-corrected chi connectivity index (χ0v) is 29.5. The topological polar surface area (TPSA) is 38.7 Å².